The highest BCUT2D eigenvalue weighted by Crippen LogP contribution is 2.34. The van der Waals surface area contributed by atoms with Crippen molar-refractivity contribution in [1.29, 1.82) is 0 Å². The van der Waals surface area contributed by atoms with E-state index in [1.165, 1.54) is 24.0 Å². The fourth-order valence-corrected chi connectivity index (χ4v) is 2.78. The van der Waals surface area contributed by atoms with Crippen molar-refractivity contribution in [3.05, 3.63) is 83.6 Å². The van der Waals surface area contributed by atoms with E-state index in [0.717, 1.165) is 18.7 Å². The van der Waals surface area contributed by atoms with Gasteiger partial charge in [0.2, 0.25) is 0 Å². The highest BCUT2D eigenvalue weighted by molar-refractivity contribution is 5.26. The van der Waals surface area contributed by atoms with Crippen LogP contribution in [0.2, 0.25) is 0 Å². The van der Waals surface area contributed by atoms with E-state index >= 15 is 0 Å². The molecule has 0 N–H and O–H groups in total. The lowest BCUT2D eigenvalue weighted by atomic mass is 10.0. The summed E-state index contributed by atoms with van der Waals surface area (Å²) >= 11 is 0. The van der Waals surface area contributed by atoms with Gasteiger partial charge in [-0.05, 0) is 23.6 Å². The van der Waals surface area contributed by atoms with Crippen LogP contribution in [0.5, 0.6) is 0 Å². The van der Waals surface area contributed by atoms with Gasteiger partial charge in [-0.25, -0.2) is 0 Å². The fraction of sp³-hybridized carbons (Fsp3) is 0.300. The minimum Gasteiger partial charge on any atom is -0.409 e. The van der Waals surface area contributed by atoms with E-state index in [9.17, 15) is 0 Å². The average Bonchev–Trinajstić information content (AvgIpc) is 2.97. The van der Waals surface area contributed by atoms with Gasteiger partial charge in [-0.3, -0.25) is 0 Å². The highest BCUT2D eigenvalue weighted by atomic mass is 16.7. The van der Waals surface area contributed by atoms with Gasteiger partial charge in [0.1, 0.15) is 5.76 Å². The van der Waals surface area contributed by atoms with Crippen molar-refractivity contribution in [3.63, 3.8) is 0 Å². The first kappa shape index (κ1) is 14.9. The maximum absolute atomic E-state index is 6.13. The number of allylic oxidation sites excluding steroid dienone is 1. The van der Waals surface area contributed by atoms with Crippen LogP contribution < -0.4 is 0 Å². The van der Waals surface area contributed by atoms with Crippen LogP contribution in [0.15, 0.2) is 72.5 Å². The number of benzene rings is 2. The summed E-state index contributed by atoms with van der Waals surface area (Å²) < 4.78 is 0. The van der Waals surface area contributed by atoms with Crippen molar-refractivity contribution in [1.82, 2.24) is 5.06 Å². The van der Waals surface area contributed by atoms with Crippen LogP contribution in [0.1, 0.15) is 43.4 Å². The van der Waals surface area contributed by atoms with Crippen molar-refractivity contribution in [2.75, 3.05) is 0 Å². The Hall–Kier alpha value is -2.06. The van der Waals surface area contributed by atoms with Gasteiger partial charge in [-0.15, -0.1) is 5.06 Å². The molecule has 0 aliphatic carbocycles. The first-order valence-corrected chi connectivity index (χ1v) is 8.11. The summed E-state index contributed by atoms with van der Waals surface area (Å²) in [4.78, 5) is 6.13. The molecule has 2 aromatic carbocycles. The molecule has 0 saturated carbocycles. The minimum absolute atomic E-state index is 0.202. The molecule has 0 aromatic heterocycles. The quantitative estimate of drug-likeness (QED) is 0.721. The molecule has 1 unspecified atom stereocenters. The monoisotopic (exact) mass is 293 g/mol. The predicted octanol–water partition coefficient (Wildman–Crippen LogP) is 5.25. The van der Waals surface area contributed by atoms with Gasteiger partial charge in [-0.2, -0.15) is 0 Å². The second-order valence-electron chi connectivity index (χ2n) is 5.74. The van der Waals surface area contributed by atoms with Gasteiger partial charge < -0.3 is 4.84 Å². The third-order valence-electron chi connectivity index (χ3n) is 3.99. The Morgan fingerprint density at radius 3 is 2.32 bits per heavy atom. The van der Waals surface area contributed by atoms with Gasteiger partial charge in [-0.1, -0.05) is 74.0 Å². The number of rotatable bonds is 6. The van der Waals surface area contributed by atoms with Crippen LogP contribution in [0.25, 0.3) is 0 Å². The average molecular weight is 293 g/mol. The topological polar surface area (TPSA) is 12.5 Å². The largest absolute Gasteiger partial charge is 0.409 e. The van der Waals surface area contributed by atoms with Crippen LogP contribution in [0, 0.1) is 0 Å². The molecule has 2 heteroatoms. The summed E-state index contributed by atoms with van der Waals surface area (Å²) in [6.07, 6.45) is 5.65. The van der Waals surface area contributed by atoms with E-state index in [4.69, 9.17) is 4.84 Å². The molecule has 114 valence electrons. The van der Waals surface area contributed by atoms with Gasteiger partial charge in [0.05, 0.1) is 12.6 Å². The Labute approximate surface area is 133 Å². The molecule has 3 rings (SSSR count). The van der Waals surface area contributed by atoms with Gasteiger partial charge in [0, 0.05) is 6.42 Å². The number of hydrogen-bond acceptors (Lipinski definition) is 2. The molecular weight excluding hydrogens is 270 g/mol. The van der Waals surface area contributed by atoms with Gasteiger partial charge in [0.25, 0.3) is 0 Å². The minimum atomic E-state index is 0.202. The maximum Gasteiger partial charge on any atom is 0.122 e. The third-order valence-corrected chi connectivity index (χ3v) is 3.99. The first-order chi connectivity index (χ1) is 10.9. The fourth-order valence-electron chi connectivity index (χ4n) is 2.78. The van der Waals surface area contributed by atoms with Crippen LogP contribution in [-0.2, 0) is 11.4 Å². The normalized spacial score (nSPS) is 18.0. The molecular formula is C20H23NO. The second-order valence-corrected chi connectivity index (χ2v) is 5.74. The molecule has 2 nitrogen and oxygen atoms in total. The Balaban J connectivity index is 1.79. The molecule has 0 spiro atoms. The number of hydrogen-bond donors (Lipinski definition) is 0. The van der Waals surface area contributed by atoms with E-state index in [-0.39, 0.29) is 6.04 Å². The smallest absolute Gasteiger partial charge is 0.122 e. The first-order valence-electron chi connectivity index (χ1n) is 8.11. The zero-order chi connectivity index (χ0) is 15.2. The Bertz CT molecular complexity index is 606. The van der Waals surface area contributed by atoms with Crippen molar-refractivity contribution in [2.24, 2.45) is 0 Å². The molecule has 0 bridgehead atoms. The van der Waals surface area contributed by atoms with Crippen LogP contribution in [-0.4, -0.2) is 5.06 Å². The predicted molar refractivity (Wildman–Crippen MR) is 89.9 cm³/mol. The van der Waals surface area contributed by atoms with E-state index in [2.05, 4.69) is 72.7 Å². The van der Waals surface area contributed by atoms with Crippen molar-refractivity contribution < 1.29 is 4.84 Å². The standard InChI is InChI=1S/C20H23NO/c1-2-3-14-19-15-20(18-12-8-5-9-13-18)21(22-19)16-17-10-6-4-7-11-17/h4-13,15,20H,2-3,14,16H2,1H3. The zero-order valence-electron chi connectivity index (χ0n) is 13.1. The number of nitrogens with zero attached hydrogens (tertiary/aromatic N) is 1. The summed E-state index contributed by atoms with van der Waals surface area (Å²) in [5.41, 5.74) is 2.55. The maximum atomic E-state index is 6.13. The SMILES string of the molecule is CCCCC1=CC(c2ccccc2)N(Cc2ccccc2)O1. The summed E-state index contributed by atoms with van der Waals surface area (Å²) in [5, 5.41) is 2.09. The lowest BCUT2D eigenvalue weighted by Crippen LogP contribution is -2.22. The second kappa shape index (κ2) is 7.28. The number of unbranched alkanes of at least 4 members (excludes halogenated alkanes) is 1. The number of hydroxylamine groups is 2. The van der Waals surface area contributed by atoms with Gasteiger partial charge in [0.15, 0.2) is 0 Å². The Morgan fingerprint density at radius 1 is 0.955 bits per heavy atom. The lowest BCUT2D eigenvalue weighted by Gasteiger charge is -2.23. The molecule has 1 aliphatic heterocycles. The van der Waals surface area contributed by atoms with E-state index in [0.29, 0.717) is 0 Å². The molecule has 1 atom stereocenters. The summed E-state index contributed by atoms with van der Waals surface area (Å²) in [6, 6.07) is 21.3. The molecule has 0 amide bonds. The molecule has 0 radical (unpaired) electrons. The Kier molecular flexibility index (Phi) is 4.92. The van der Waals surface area contributed by atoms with E-state index < -0.39 is 0 Å². The van der Waals surface area contributed by atoms with Crippen LogP contribution >= 0.6 is 0 Å². The van der Waals surface area contributed by atoms with Crippen molar-refractivity contribution in [3.8, 4) is 0 Å². The molecule has 0 saturated heterocycles. The molecule has 1 aliphatic rings. The molecule has 0 fully saturated rings. The van der Waals surface area contributed by atoms with E-state index in [1.807, 2.05) is 6.07 Å². The lowest BCUT2D eigenvalue weighted by molar-refractivity contribution is -0.129. The highest BCUT2D eigenvalue weighted by Gasteiger charge is 2.27. The third kappa shape index (κ3) is 3.58. The van der Waals surface area contributed by atoms with Crippen molar-refractivity contribution in [2.45, 2.75) is 38.8 Å². The molecule has 22 heavy (non-hydrogen) atoms. The van der Waals surface area contributed by atoms with Crippen LogP contribution in [0.4, 0.5) is 0 Å². The summed E-state index contributed by atoms with van der Waals surface area (Å²) in [7, 11) is 0. The molecule has 1 heterocycles. The van der Waals surface area contributed by atoms with E-state index in [1.54, 1.807) is 0 Å². The molecule has 2 aromatic rings. The summed E-state index contributed by atoms with van der Waals surface area (Å²) in [6.45, 7) is 3.01. The van der Waals surface area contributed by atoms with Crippen molar-refractivity contribution >= 4 is 0 Å². The van der Waals surface area contributed by atoms with Gasteiger partial charge >= 0.3 is 0 Å². The zero-order valence-corrected chi connectivity index (χ0v) is 13.1. The van der Waals surface area contributed by atoms with Crippen LogP contribution in [0.3, 0.4) is 0 Å². The summed E-state index contributed by atoms with van der Waals surface area (Å²) in [5.74, 6) is 1.10. The Morgan fingerprint density at radius 2 is 1.64 bits per heavy atom.